The first-order chi connectivity index (χ1) is 13.2. The number of fused-ring (bicyclic) bond motifs is 1. The van der Waals surface area contributed by atoms with Crippen LogP contribution in [0.4, 0.5) is 0 Å². The lowest BCUT2D eigenvalue weighted by Crippen LogP contribution is -2.50. The van der Waals surface area contributed by atoms with Crippen LogP contribution in [0.15, 0.2) is 35.2 Å². The Bertz CT molecular complexity index is 1010. The first-order valence-electron chi connectivity index (χ1n) is 9.10. The van der Waals surface area contributed by atoms with Crippen LogP contribution in [0.1, 0.15) is 53.2 Å². The smallest absolute Gasteiger partial charge is 0.273 e. The molecule has 2 N–H and O–H groups in total. The Hall–Kier alpha value is -3.16. The van der Waals surface area contributed by atoms with Gasteiger partial charge in [-0.2, -0.15) is 0 Å². The molecule has 1 atom stereocenters. The molecule has 148 valence electrons. The van der Waals surface area contributed by atoms with Gasteiger partial charge in [0.25, 0.3) is 11.8 Å². The SMILES string of the molecule is Cc1ocnc1C(=O)NCC(NC(=O)c1cn2c(C)cccc2n1)C(C)(C)C. The molecule has 3 heterocycles. The van der Waals surface area contributed by atoms with E-state index in [9.17, 15) is 9.59 Å². The predicted octanol–water partition coefficient (Wildman–Crippen LogP) is 2.51. The van der Waals surface area contributed by atoms with Crippen LogP contribution in [-0.2, 0) is 0 Å². The number of rotatable bonds is 5. The molecule has 28 heavy (non-hydrogen) atoms. The molecule has 8 heteroatoms. The van der Waals surface area contributed by atoms with Crippen molar-refractivity contribution in [3.05, 3.63) is 53.6 Å². The highest BCUT2D eigenvalue weighted by Gasteiger charge is 2.28. The molecule has 0 bridgehead atoms. The molecule has 0 fully saturated rings. The van der Waals surface area contributed by atoms with Crippen molar-refractivity contribution in [3.63, 3.8) is 0 Å². The van der Waals surface area contributed by atoms with Crippen molar-refractivity contribution in [1.82, 2.24) is 25.0 Å². The number of carbonyl (C=O) groups excluding carboxylic acids is 2. The van der Waals surface area contributed by atoms with E-state index in [-0.39, 0.29) is 35.5 Å². The quantitative estimate of drug-likeness (QED) is 0.705. The summed E-state index contributed by atoms with van der Waals surface area (Å²) in [5, 5.41) is 5.82. The van der Waals surface area contributed by atoms with E-state index in [1.165, 1.54) is 6.39 Å². The zero-order chi connectivity index (χ0) is 20.5. The molecular weight excluding hydrogens is 358 g/mol. The standard InChI is InChI=1S/C20H25N5O3/c1-12-7-6-8-16-23-14(10-25(12)16)18(26)24-15(20(3,4)5)9-21-19(27)17-13(2)28-11-22-17/h6-8,10-11,15H,9H2,1-5H3,(H,21,27)(H,24,26). The van der Waals surface area contributed by atoms with Gasteiger partial charge in [0.15, 0.2) is 12.1 Å². The molecule has 0 aromatic carbocycles. The number of hydrogen-bond donors (Lipinski definition) is 2. The number of carbonyl (C=O) groups is 2. The minimum Gasteiger partial charge on any atom is -0.448 e. The van der Waals surface area contributed by atoms with Crippen molar-refractivity contribution in [2.45, 2.75) is 40.7 Å². The number of aryl methyl sites for hydroxylation is 2. The van der Waals surface area contributed by atoms with Gasteiger partial charge < -0.3 is 19.5 Å². The molecule has 2 amide bonds. The number of pyridine rings is 1. The van der Waals surface area contributed by atoms with Crippen molar-refractivity contribution >= 4 is 17.5 Å². The highest BCUT2D eigenvalue weighted by Crippen LogP contribution is 2.20. The Kier molecular flexibility index (Phi) is 5.22. The van der Waals surface area contributed by atoms with E-state index in [4.69, 9.17) is 4.42 Å². The number of hydrogen-bond acceptors (Lipinski definition) is 5. The molecule has 3 rings (SSSR count). The van der Waals surface area contributed by atoms with E-state index in [1.54, 1.807) is 13.1 Å². The van der Waals surface area contributed by atoms with Crippen molar-refractivity contribution in [2.24, 2.45) is 5.41 Å². The number of nitrogens with zero attached hydrogens (tertiary/aromatic N) is 3. The van der Waals surface area contributed by atoms with E-state index in [2.05, 4.69) is 20.6 Å². The minimum absolute atomic E-state index is 0.245. The summed E-state index contributed by atoms with van der Waals surface area (Å²) in [4.78, 5) is 33.4. The summed E-state index contributed by atoms with van der Waals surface area (Å²) in [6.45, 7) is 9.89. The van der Waals surface area contributed by atoms with Gasteiger partial charge in [-0.3, -0.25) is 9.59 Å². The van der Waals surface area contributed by atoms with Crippen LogP contribution >= 0.6 is 0 Å². The van der Waals surface area contributed by atoms with Gasteiger partial charge in [-0.05, 0) is 31.4 Å². The first kappa shape index (κ1) is 19.6. The average molecular weight is 383 g/mol. The maximum absolute atomic E-state index is 12.8. The summed E-state index contributed by atoms with van der Waals surface area (Å²) in [6.07, 6.45) is 2.95. The number of nitrogens with one attached hydrogen (secondary N) is 2. The number of aromatic nitrogens is 3. The summed E-state index contributed by atoms with van der Waals surface area (Å²) in [5.41, 5.74) is 2.01. The molecule has 3 aromatic heterocycles. The number of amides is 2. The fraction of sp³-hybridized carbons (Fsp3) is 0.400. The van der Waals surface area contributed by atoms with Gasteiger partial charge in [-0.15, -0.1) is 0 Å². The van der Waals surface area contributed by atoms with Crippen molar-refractivity contribution in [2.75, 3.05) is 6.54 Å². The summed E-state index contributed by atoms with van der Waals surface area (Å²) in [5.74, 6) is -0.165. The van der Waals surface area contributed by atoms with Gasteiger partial charge in [0.1, 0.15) is 17.1 Å². The monoisotopic (exact) mass is 383 g/mol. The molecule has 8 nitrogen and oxygen atoms in total. The van der Waals surface area contributed by atoms with Gasteiger partial charge >= 0.3 is 0 Å². The normalized spacial score (nSPS) is 12.8. The lowest BCUT2D eigenvalue weighted by Gasteiger charge is -2.31. The molecule has 0 aliphatic heterocycles. The Labute approximate surface area is 163 Å². The molecule has 0 radical (unpaired) electrons. The van der Waals surface area contributed by atoms with Gasteiger partial charge in [-0.1, -0.05) is 26.8 Å². The van der Waals surface area contributed by atoms with Gasteiger partial charge in [0.2, 0.25) is 0 Å². The average Bonchev–Trinajstić information content (AvgIpc) is 3.24. The lowest BCUT2D eigenvalue weighted by atomic mass is 9.86. The Balaban J connectivity index is 1.73. The third-order valence-corrected chi connectivity index (χ3v) is 4.71. The Morgan fingerprint density at radius 3 is 2.57 bits per heavy atom. The molecule has 0 saturated heterocycles. The van der Waals surface area contributed by atoms with E-state index in [1.807, 2.05) is 50.3 Å². The zero-order valence-electron chi connectivity index (χ0n) is 16.7. The number of oxazole rings is 1. The van der Waals surface area contributed by atoms with Gasteiger partial charge in [0.05, 0.1) is 6.04 Å². The first-order valence-corrected chi connectivity index (χ1v) is 9.10. The van der Waals surface area contributed by atoms with E-state index >= 15 is 0 Å². The van der Waals surface area contributed by atoms with Crippen LogP contribution in [0, 0.1) is 19.3 Å². The van der Waals surface area contributed by atoms with Crippen LogP contribution in [0.25, 0.3) is 5.65 Å². The summed E-state index contributed by atoms with van der Waals surface area (Å²) < 4.78 is 6.94. The topological polar surface area (TPSA) is 102 Å². The lowest BCUT2D eigenvalue weighted by molar-refractivity contribution is 0.0866. The number of imidazole rings is 1. The largest absolute Gasteiger partial charge is 0.448 e. The van der Waals surface area contributed by atoms with Crippen molar-refractivity contribution < 1.29 is 14.0 Å². The third kappa shape index (κ3) is 4.05. The zero-order valence-corrected chi connectivity index (χ0v) is 16.7. The molecule has 1 unspecified atom stereocenters. The van der Waals surface area contributed by atoms with Crippen LogP contribution in [0.3, 0.4) is 0 Å². The Morgan fingerprint density at radius 2 is 1.96 bits per heavy atom. The summed E-state index contributed by atoms with van der Waals surface area (Å²) in [7, 11) is 0. The van der Waals surface area contributed by atoms with E-state index in [0.717, 1.165) is 5.69 Å². The van der Waals surface area contributed by atoms with E-state index < -0.39 is 0 Å². The van der Waals surface area contributed by atoms with E-state index in [0.29, 0.717) is 17.1 Å². The molecule has 3 aromatic rings. The maximum Gasteiger partial charge on any atom is 0.273 e. The molecule has 0 saturated carbocycles. The summed E-state index contributed by atoms with van der Waals surface area (Å²) in [6, 6.07) is 5.40. The van der Waals surface area contributed by atoms with Gasteiger partial charge in [-0.25, -0.2) is 9.97 Å². The predicted molar refractivity (Wildman–Crippen MR) is 104 cm³/mol. The fourth-order valence-corrected chi connectivity index (χ4v) is 2.87. The second kappa shape index (κ2) is 7.46. The Morgan fingerprint density at radius 1 is 1.21 bits per heavy atom. The summed E-state index contributed by atoms with van der Waals surface area (Å²) >= 11 is 0. The molecular formula is C20H25N5O3. The second-order valence-corrected chi connectivity index (χ2v) is 7.88. The van der Waals surface area contributed by atoms with Crippen LogP contribution in [0.5, 0.6) is 0 Å². The maximum atomic E-state index is 12.8. The van der Waals surface area contributed by atoms with Crippen LogP contribution in [-0.4, -0.2) is 38.8 Å². The van der Waals surface area contributed by atoms with Gasteiger partial charge in [0, 0.05) is 18.4 Å². The van der Waals surface area contributed by atoms with Crippen LogP contribution in [0.2, 0.25) is 0 Å². The molecule has 0 aliphatic carbocycles. The van der Waals surface area contributed by atoms with Crippen molar-refractivity contribution in [3.8, 4) is 0 Å². The second-order valence-electron chi connectivity index (χ2n) is 7.88. The molecule has 0 spiro atoms. The molecule has 0 aliphatic rings. The fourth-order valence-electron chi connectivity index (χ4n) is 2.87. The van der Waals surface area contributed by atoms with Crippen molar-refractivity contribution in [1.29, 1.82) is 0 Å². The highest BCUT2D eigenvalue weighted by molar-refractivity contribution is 5.94. The highest BCUT2D eigenvalue weighted by atomic mass is 16.3. The minimum atomic E-state index is -0.335. The third-order valence-electron chi connectivity index (χ3n) is 4.71. The van der Waals surface area contributed by atoms with Crippen LogP contribution < -0.4 is 10.6 Å².